The van der Waals surface area contributed by atoms with Gasteiger partial charge >= 0.3 is 0 Å². The zero-order valence-corrected chi connectivity index (χ0v) is 15.2. The molecule has 1 aromatic heterocycles. The summed E-state index contributed by atoms with van der Waals surface area (Å²) in [4.78, 5) is 8.60. The number of rotatable bonds is 1. The topological polar surface area (TPSA) is 121 Å². The molecule has 0 fully saturated rings. The highest BCUT2D eigenvalue weighted by Crippen LogP contribution is 2.45. The molecular formula is C23H10N6. The Hall–Kier alpha value is -4.78. The van der Waals surface area contributed by atoms with Crippen LogP contribution in [0.2, 0.25) is 0 Å². The first-order chi connectivity index (χ1) is 14.1. The number of benzene rings is 2. The summed E-state index contributed by atoms with van der Waals surface area (Å²) in [5, 5.41) is 37.5. The van der Waals surface area contributed by atoms with Gasteiger partial charge in [0.2, 0.25) is 0 Å². The van der Waals surface area contributed by atoms with Crippen molar-refractivity contribution in [1.29, 1.82) is 21.0 Å². The Labute approximate surface area is 166 Å². The standard InChI is InChI=1S/C23H10N6/c1-13-2-4-14(5-3-13)15-6-7-17-18(8-15)22-23(21(17)16(9-24)10-25)29-20(12-27)19(11-26)28-22/h2-8H,1H3. The lowest BCUT2D eigenvalue weighted by atomic mass is 9.97. The van der Waals surface area contributed by atoms with Crippen molar-refractivity contribution in [2.45, 2.75) is 6.92 Å². The van der Waals surface area contributed by atoms with Gasteiger partial charge in [-0.05, 0) is 29.7 Å². The third-order valence-electron chi connectivity index (χ3n) is 4.75. The normalized spacial score (nSPS) is 10.7. The highest BCUT2D eigenvalue weighted by atomic mass is 14.9. The van der Waals surface area contributed by atoms with Crippen LogP contribution in [0, 0.1) is 52.2 Å². The molecule has 132 valence electrons. The molecule has 4 rings (SSSR count). The predicted molar refractivity (Wildman–Crippen MR) is 104 cm³/mol. The van der Waals surface area contributed by atoms with Gasteiger partial charge in [-0.25, -0.2) is 9.97 Å². The summed E-state index contributed by atoms with van der Waals surface area (Å²) in [6.07, 6.45) is 0. The van der Waals surface area contributed by atoms with Crippen molar-refractivity contribution in [2.75, 3.05) is 0 Å². The second kappa shape index (κ2) is 6.75. The number of nitriles is 4. The number of hydrogen-bond acceptors (Lipinski definition) is 6. The number of aryl methyl sites for hydroxylation is 1. The molecule has 0 amide bonds. The maximum atomic E-state index is 9.43. The molecule has 1 aliphatic rings. The van der Waals surface area contributed by atoms with E-state index in [0.29, 0.717) is 22.4 Å². The Kier molecular flexibility index (Phi) is 4.10. The molecule has 0 bridgehead atoms. The van der Waals surface area contributed by atoms with Gasteiger partial charge in [0, 0.05) is 11.1 Å². The Morgan fingerprint density at radius 1 is 0.724 bits per heavy atom. The molecule has 6 nitrogen and oxygen atoms in total. The fraction of sp³-hybridized carbons (Fsp3) is 0.0435. The first-order valence-electron chi connectivity index (χ1n) is 8.60. The van der Waals surface area contributed by atoms with Gasteiger partial charge in [-0.2, -0.15) is 21.0 Å². The molecule has 0 radical (unpaired) electrons. The molecule has 29 heavy (non-hydrogen) atoms. The molecular weight excluding hydrogens is 360 g/mol. The Morgan fingerprint density at radius 3 is 1.90 bits per heavy atom. The Bertz CT molecular complexity index is 1370. The summed E-state index contributed by atoms with van der Waals surface area (Å²) in [5.41, 5.74) is 5.04. The van der Waals surface area contributed by atoms with Crippen molar-refractivity contribution in [1.82, 2.24) is 9.97 Å². The molecule has 0 unspecified atom stereocenters. The quantitative estimate of drug-likeness (QED) is 0.466. The van der Waals surface area contributed by atoms with Crippen LogP contribution in [0.5, 0.6) is 0 Å². The highest BCUT2D eigenvalue weighted by molar-refractivity contribution is 6.02. The van der Waals surface area contributed by atoms with Crippen LogP contribution in [-0.2, 0) is 0 Å². The van der Waals surface area contributed by atoms with Crippen molar-refractivity contribution >= 4 is 5.57 Å². The van der Waals surface area contributed by atoms with E-state index >= 15 is 0 Å². The van der Waals surface area contributed by atoms with Gasteiger partial charge in [0.05, 0.1) is 5.69 Å². The smallest absolute Gasteiger partial charge is 0.177 e. The number of allylic oxidation sites excluding steroid dienone is 1. The molecule has 6 heteroatoms. The highest BCUT2D eigenvalue weighted by Gasteiger charge is 2.31. The van der Waals surface area contributed by atoms with E-state index in [-0.39, 0.29) is 22.7 Å². The summed E-state index contributed by atoms with van der Waals surface area (Å²) >= 11 is 0. The summed E-state index contributed by atoms with van der Waals surface area (Å²) < 4.78 is 0. The van der Waals surface area contributed by atoms with Crippen LogP contribution in [0.15, 0.2) is 48.0 Å². The number of fused-ring (bicyclic) bond motifs is 3. The molecule has 0 saturated carbocycles. The van der Waals surface area contributed by atoms with Crippen LogP contribution in [0.1, 0.15) is 28.2 Å². The second-order valence-electron chi connectivity index (χ2n) is 6.44. The third kappa shape index (κ3) is 2.70. The van der Waals surface area contributed by atoms with Crippen LogP contribution >= 0.6 is 0 Å². The molecule has 3 aromatic rings. The molecule has 0 N–H and O–H groups in total. The largest absolute Gasteiger partial charge is 0.232 e. The minimum Gasteiger partial charge on any atom is -0.232 e. The average molecular weight is 370 g/mol. The van der Waals surface area contributed by atoms with Crippen molar-refractivity contribution < 1.29 is 0 Å². The monoisotopic (exact) mass is 370 g/mol. The van der Waals surface area contributed by atoms with E-state index in [4.69, 9.17) is 0 Å². The maximum Gasteiger partial charge on any atom is 0.177 e. The van der Waals surface area contributed by atoms with E-state index in [1.807, 2.05) is 73.7 Å². The third-order valence-corrected chi connectivity index (χ3v) is 4.75. The molecule has 0 aliphatic heterocycles. The van der Waals surface area contributed by atoms with E-state index < -0.39 is 0 Å². The molecule has 1 aliphatic carbocycles. The van der Waals surface area contributed by atoms with Gasteiger partial charge in [-0.15, -0.1) is 0 Å². The van der Waals surface area contributed by atoms with Crippen LogP contribution < -0.4 is 0 Å². The SMILES string of the molecule is Cc1ccc(-c2ccc3c(c2)-c2nc(C#N)c(C#N)nc2C3=C(C#N)C#N)cc1. The zero-order valence-electron chi connectivity index (χ0n) is 15.2. The summed E-state index contributed by atoms with van der Waals surface area (Å²) in [6, 6.07) is 21.2. The minimum absolute atomic E-state index is 0.0883. The van der Waals surface area contributed by atoms with Crippen LogP contribution in [0.3, 0.4) is 0 Å². The summed E-state index contributed by atoms with van der Waals surface area (Å²) in [5.74, 6) is 0. The van der Waals surface area contributed by atoms with Crippen LogP contribution in [0.4, 0.5) is 0 Å². The van der Waals surface area contributed by atoms with Gasteiger partial charge in [0.25, 0.3) is 0 Å². The van der Waals surface area contributed by atoms with Gasteiger partial charge < -0.3 is 0 Å². The molecule has 0 atom stereocenters. The Morgan fingerprint density at radius 2 is 1.31 bits per heavy atom. The van der Waals surface area contributed by atoms with Crippen molar-refractivity contribution in [2.24, 2.45) is 0 Å². The minimum atomic E-state index is -0.134. The molecule has 1 heterocycles. The summed E-state index contributed by atoms with van der Waals surface area (Å²) in [6.45, 7) is 2.01. The molecule has 0 saturated heterocycles. The lowest BCUT2D eigenvalue weighted by Crippen LogP contribution is -2.00. The van der Waals surface area contributed by atoms with E-state index in [9.17, 15) is 21.0 Å². The molecule has 0 spiro atoms. The first kappa shape index (κ1) is 17.6. The van der Waals surface area contributed by atoms with Crippen LogP contribution in [-0.4, -0.2) is 9.97 Å². The van der Waals surface area contributed by atoms with Crippen molar-refractivity contribution in [3.63, 3.8) is 0 Å². The van der Waals surface area contributed by atoms with Crippen LogP contribution in [0.25, 0.3) is 28.0 Å². The van der Waals surface area contributed by atoms with Gasteiger partial charge in [-0.1, -0.05) is 42.0 Å². The lowest BCUT2D eigenvalue weighted by Gasteiger charge is -2.06. The van der Waals surface area contributed by atoms with Crippen molar-refractivity contribution in [3.8, 4) is 46.7 Å². The maximum absolute atomic E-state index is 9.43. The van der Waals surface area contributed by atoms with Crippen molar-refractivity contribution in [3.05, 3.63) is 76.2 Å². The molecule has 2 aromatic carbocycles. The van der Waals surface area contributed by atoms with Gasteiger partial charge in [-0.3, -0.25) is 0 Å². The first-order valence-corrected chi connectivity index (χ1v) is 8.60. The fourth-order valence-corrected chi connectivity index (χ4v) is 3.35. The Balaban J connectivity index is 2.05. The lowest BCUT2D eigenvalue weighted by molar-refractivity contribution is 1.12. The summed E-state index contributed by atoms with van der Waals surface area (Å²) in [7, 11) is 0. The second-order valence-corrected chi connectivity index (χ2v) is 6.44. The number of aromatic nitrogens is 2. The van der Waals surface area contributed by atoms with Gasteiger partial charge in [0.1, 0.15) is 35.5 Å². The van der Waals surface area contributed by atoms with Gasteiger partial charge in [0.15, 0.2) is 11.4 Å². The fourth-order valence-electron chi connectivity index (χ4n) is 3.35. The predicted octanol–water partition coefficient (Wildman–Crippen LogP) is 4.02. The van der Waals surface area contributed by atoms with E-state index in [1.54, 1.807) is 0 Å². The zero-order chi connectivity index (χ0) is 20.5. The van der Waals surface area contributed by atoms with E-state index in [0.717, 1.165) is 16.7 Å². The average Bonchev–Trinajstić information content (AvgIpc) is 3.07. The van der Waals surface area contributed by atoms with E-state index in [1.165, 1.54) is 0 Å². The number of hydrogen-bond donors (Lipinski definition) is 0. The number of nitrogens with zero attached hydrogens (tertiary/aromatic N) is 6. The van der Waals surface area contributed by atoms with E-state index in [2.05, 4.69) is 9.97 Å².